The Morgan fingerprint density at radius 2 is 1.41 bits per heavy atom. The number of urea groups is 1. The van der Waals surface area contributed by atoms with Gasteiger partial charge in [-0.3, -0.25) is 10.1 Å². The van der Waals surface area contributed by atoms with Gasteiger partial charge in [-0.15, -0.1) is 11.3 Å². The first-order valence-corrected chi connectivity index (χ1v) is 8.69. The molecule has 9 heteroatoms. The molecule has 3 rings (SSSR count). The number of hydrogen-bond acceptors (Lipinski definition) is 4. The quantitative estimate of drug-likeness (QED) is 0.611. The molecule has 0 spiro atoms. The van der Waals surface area contributed by atoms with E-state index in [1.165, 1.54) is 59.9 Å². The van der Waals surface area contributed by atoms with Gasteiger partial charge in [-0.25, -0.2) is 18.6 Å². The summed E-state index contributed by atoms with van der Waals surface area (Å²) in [7, 11) is 0. The Kier molecular flexibility index (Phi) is 5.72. The Hall–Kier alpha value is -3.33. The number of carbonyl (C=O) groups excluding carboxylic acids is 2. The average Bonchev–Trinajstić information content (AvgIpc) is 3.05. The first-order chi connectivity index (χ1) is 13.0. The van der Waals surface area contributed by atoms with Gasteiger partial charge in [-0.1, -0.05) is 0 Å². The number of halogens is 2. The van der Waals surface area contributed by atoms with E-state index in [0.29, 0.717) is 22.2 Å². The Bertz CT molecular complexity index is 867. The zero-order valence-electron chi connectivity index (χ0n) is 13.8. The fraction of sp³-hybridized carbons (Fsp3) is 0.0556. The highest BCUT2D eigenvalue weighted by Gasteiger charge is 2.10. The van der Waals surface area contributed by atoms with Gasteiger partial charge in [0.25, 0.3) is 0 Å². The Balaban J connectivity index is 1.51. The molecule has 0 unspecified atom stereocenters. The fourth-order valence-electron chi connectivity index (χ4n) is 2.14. The zero-order valence-corrected chi connectivity index (χ0v) is 14.6. The van der Waals surface area contributed by atoms with Gasteiger partial charge in [0.05, 0.1) is 12.1 Å². The van der Waals surface area contributed by atoms with Crippen molar-refractivity contribution in [2.75, 3.05) is 16.0 Å². The Morgan fingerprint density at radius 1 is 0.852 bits per heavy atom. The lowest BCUT2D eigenvalue weighted by atomic mass is 10.3. The molecule has 1 heterocycles. The maximum Gasteiger partial charge on any atom is 0.325 e. The summed E-state index contributed by atoms with van der Waals surface area (Å²) in [6, 6.07) is 10.2. The summed E-state index contributed by atoms with van der Waals surface area (Å²) < 4.78 is 25.7. The van der Waals surface area contributed by atoms with E-state index in [1.54, 1.807) is 5.38 Å². The number of nitrogens with one attached hydrogen (secondary N) is 3. The number of thiazole rings is 1. The van der Waals surface area contributed by atoms with E-state index in [-0.39, 0.29) is 18.1 Å². The number of benzene rings is 2. The lowest BCUT2D eigenvalue weighted by Crippen LogP contribution is -2.19. The molecule has 2 aromatic carbocycles. The standard InChI is InChI=1S/C18H14F2N4O2S/c19-11-1-5-13(6-2-11)21-16(25)9-15-10-27-18(23-15)24-17(26)22-14-7-3-12(20)4-8-14/h1-8,10H,9H2,(H,21,25)(H2,22,23,24,26). The topological polar surface area (TPSA) is 83.1 Å². The molecule has 0 aliphatic rings. The summed E-state index contributed by atoms with van der Waals surface area (Å²) in [5.74, 6) is -1.10. The molecule has 3 N–H and O–H groups in total. The molecular weight excluding hydrogens is 374 g/mol. The van der Waals surface area contributed by atoms with Gasteiger partial charge < -0.3 is 10.6 Å². The zero-order chi connectivity index (χ0) is 19.2. The summed E-state index contributed by atoms with van der Waals surface area (Å²) in [5, 5.41) is 9.69. The van der Waals surface area contributed by atoms with E-state index in [2.05, 4.69) is 20.9 Å². The van der Waals surface area contributed by atoms with E-state index in [0.717, 1.165) is 0 Å². The van der Waals surface area contributed by atoms with Gasteiger partial charge in [0.2, 0.25) is 5.91 Å². The summed E-state index contributed by atoms with van der Waals surface area (Å²) in [5.41, 5.74) is 1.40. The van der Waals surface area contributed by atoms with E-state index < -0.39 is 11.8 Å². The van der Waals surface area contributed by atoms with Crippen LogP contribution in [0.1, 0.15) is 5.69 Å². The van der Waals surface area contributed by atoms with Crippen LogP contribution in [0.2, 0.25) is 0 Å². The van der Waals surface area contributed by atoms with Crippen LogP contribution in [0.3, 0.4) is 0 Å². The van der Waals surface area contributed by atoms with E-state index >= 15 is 0 Å². The molecule has 0 bridgehead atoms. The molecule has 138 valence electrons. The van der Waals surface area contributed by atoms with Gasteiger partial charge >= 0.3 is 6.03 Å². The number of carbonyl (C=O) groups is 2. The van der Waals surface area contributed by atoms with E-state index in [1.807, 2.05) is 0 Å². The largest absolute Gasteiger partial charge is 0.326 e. The molecule has 27 heavy (non-hydrogen) atoms. The highest BCUT2D eigenvalue weighted by atomic mass is 32.1. The smallest absolute Gasteiger partial charge is 0.325 e. The number of rotatable bonds is 5. The predicted octanol–water partition coefficient (Wildman–Crippen LogP) is 4.25. The SMILES string of the molecule is O=C(Cc1csc(NC(=O)Nc2ccc(F)cc2)n1)Nc1ccc(F)cc1. The fourth-order valence-corrected chi connectivity index (χ4v) is 2.85. The molecule has 3 amide bonds. The second kappa shape index (κ2) is 8.37. The van der Waals surface area contributed by atoms with Crippen molar-refractivity contribution in [3.63, 3.8) is 0 Å². The summed E-state index contributed by atoms with van der Waals surface area (Å²) in [4.78, 5) is 28.1. The van der Waals surface area contributed by atoms with Crippen LogP contribution in [-0.2, 0) is 11.2 Å². The lowest BCUT2D eigenvalue weighted by Gasteiger charge is -2.05. The Morgan fingerprint density at radius 3 is 2.00 bits per heavy atom. The number of hydrogen-bond donors (Lipinski definition) is 3. The monoisotopic (exact) mass is 388 g/mol. The van der Waals surface area contributed by atoms with Gasteiger partial charge in [0.15, 0.2) is 5.13 Å². The highest BCUT2D eigenvalue weighted by molar-refractivity contribution is 7.14. The Labute approximate surface area is 157 Å². The second-order valence-electron chi connectivity index (χ2n) is 5.46. The molecule has 0 aliphatic carbocycles. The molecule has 0 atom stereocenters. The van der Waals surface area contributed by atoms with Crippen LogP contribution in [0.4, 0.5) is 30.1 Å². The van der Waals surface area contributed by atoms with Gasteiger partial charge in [-0.2, -0.15) is 0 Å². The molecule has 0 aliphatic heterocycles. The second-order valence-corrected chi connectivity index (χ2v) is 6.32. The van der Waals surface area contributed by atoms with Crippen LogP contribution < -0.4 is 16.0 Å². The number of aromatic nitrogens is 1. The van der Waals surface area contributed by atoms with Crippen LogP contribution in [0.25, 0.3) is 0 Å². The van der Waals surface area contributed by atoms with Crippen molar-refractivity contribution < 1.29 is 18.4 Å². The molecule has 6 nitrogen and oxygen atoms in total. The normalized spacial score (nSPS) is 10.3. The van der Waals surface area contributed by atoms with Crippen molar-refractivity contribution in [1.82, 2.24) is 4.98 Å². The van der Waals surface area contributed by atoms with Crippen molar-refractivity contribution in [2.24, 2.45) is 0 Å². The van der Waals surface area contributed by atoms with Gasteiger partial charge in [0, 0.05) is 16.8 Å². The highest BCUT2D eigenvalue weighted by Crippen LogP contribution is 2.17. The first-order valence-electron chi connectivity index (χ1n) is 7.81. The van der Waals surface area contributed by atoms with Crippen LogP contribution in [0, 0.1) is 11.6 Å². The minimum Gasteiger partial charge on any atom is -0.326 e. The first kappa shape index (κ1) is 18.5. The molecule has 0 saturated heterocycles. The number of nitrogens with zero attached hydrogens (tertiary/aromatic N) is 1. The number of amides is 3. The van der Waals surface area contributed by atoms with Crippen LogP contribution in [-0.4, -0.2) is 16.9 Å². The molecular formula is C18H14F2N4O2S. The summed E-state index contributed by atoms with van der Waals surface area (Å²) >= 11 is 1.17. The maximum absolute atomic E-state index is 12.9. The van der Waals surface area contributed by atoms with Crippen molar-refractivity contribution in [2.45, 2.75) is 6.42 Å². The molecule has 0 saturated carbocycles. The van der Waals surface area contributed by atoms with Crippen LogP contribution in [0.15, 0.2) is 53.9 Å². The average molecular weight is 388 g/mol. The van der Waals surface area contributed by atoms with E-state index in [9.17, 15) is 18.4 Å². The van der Waals surface area contributed by atoms with Crippen molar-refractivity contribution in [3.05, 3.63) is 71.2 Å². The maximum atomic E-state index is 12.9. The third-order valence-corrected chi connectivity index (χ3v) is 4.15. The molecule has 0 fully saturated rings. The molecule has 0 radical (unpaired) electrons. The summed E-state index contributed by atoms with van der Waals surface area (Å²) in [6.07, 6.45) is 0.00907. The van der Waals surface area contributed by atoms with Crippen LogP contribution in [0.5, 0.6) is 0 Å². The minimum absolute atomic E-state index is 0.00907. The van der Waals surface area contributed by atoms with Gasteiger partial charge in [-0.05, 0) is 48.5 Å². The van der Waals surface area contributed by atoms with Crippen molar-refractivity contribution in [1.29, 1.82) is 0 Å². The number of anilines is 3. The molecule has 1 aromatic heterocycles. The van der Waals surface area contributed by atoms with E-state index in [4.69, 9.17) is 0 Å². The van der Waals surface area contributed by atoms with Crippen LogP contribution >= 0.6 is 11.3 Å². The lowest BCUT2D eigenvalue weighted by molar-refractivity contribution is -0.115. The predicted molar refractivity (Wildman–Crippen MR) is 99.9 cm³/mol. The van der Waals surface area contributed by atoms with Gasteiger partial charge in [0.1, 0.15) is 11.6 Å². The third kappa shape index (κ3) is 5.58. The third-order valence-electron chi connectivity index (χ3n) is 3.34. The van der Waals surface area contributed by atoms with Crippen molar-refractivity contribution >= 4 is 39.8 Å². The minimum atomic E-state index is -0.529. The van der Waals surface area contributed by atoms with Crippen molar-refractivity contribution in [3.8, 4) is 0 Å². The molecule has 3 aromatic rings. The summed E-state index contributed by atoms with van der Waals surface area (Å²) in [6.45, 7) is 0.